The molecule has 122 valence electrons. The van der Waals surface area contributed by atoms with Gasteiger partial charge in [0.05, 0.1) is 23.2 Å². The van der Waals surface area contributed by atoms with Crippen LogP contribution in [0.1, 0.15) is 29.1 Å². The molecule has 2 aromatic heterocycles. The molecule has 3 rings (SSSR count). The number of ether oxygens (including phenoxy) is 1. The van der Waals surface area contributed by atoms with E-state index in [0.29, 0.717) is 13.0 Å². The summed E-state index contributed by atoms with van der Waals surface area (Å²) in [5, 5.41) is 5.99. The van der Waals surface area contributed by atoms with Gasteiger partial charge in [-0.25, -0.2) is 4.98 Å². The maximum absolute atomic E-state index is 11.9. The molecule has 2 aromatic rings. The van der Waals surface area contributed by atoms with Gasteiger partial charge in [0, 0.05) is 37.3 Å². The van der Waals surface area contributed by atoms with Crippen LogP contribution in [0.4, 0.5) is 0 Å². The summed E-state index contributed by atoms with van der Waals surface area (Å²) >= 11 is 1.62. The average Bonchev–Trinajstić information content (AvgIpc) is 3.24. The van der Waals surface area contributed by atoms with E-state index in [1.54, 1.807) is 23.7 Å². The first-order valence-corrected chi connectivity index (χ1v) is 8.88. The van der Waals surface area contributed by atoms with Crippen LogP contribution in [0.25, 0.3) is 0 Å². The highest BCUT2D eigenvalue weighted by Gasteiger charge is 2.16. The molecular formula is C17H21N3O2S. The third kappa shape index (κ3) is 5.11. The third-order valence-corrected chi connectivity index (χ3v) is 4.83. The molecule has 1 saturated heterocycles. The van der Waals surface area contributed by atoms with Crippen molar-refractivity contribution >= 4 is 17.2 Å². The van der Waals surface area contributed by atoms with Crippen LogP contribution in [-0.4, -0.2) is 35.1 Å². The van der Waals surface area contributed by atoms with E-state index in [1.807, 2.05) is 17.5 Å². The zero-order valence-electron chi connectivity index (χ0n) is 13.0. The fraction of sp³-hybridized carbons (Fsp3) is 0.471. The molecule has 1 fully saturated rings. The Morgan fingerprint density at radius 3 is 3.00 bits per heavy atom. The molecule has 1 amide bonds. The number of amides is 1. The number of hydrogen-bond acceptors (Lipinski definition) is 5. The minimum absolute atomic E-state index is 0.0199. The van der Waals surface area contributed by atoms with Crippen molar-refractivity contribution in [2.24, 2.45) is 0 Å². The smallest absolute Gasteiger partial charge is 0.226 e. The summed E-state index contributed by atoms with van der Waals surface area (Å²) in [4.78, 5) is 20.5. The second kappa shape index (κ2) is 8.17. The highest BCUT2D eigenvalue weighted by Crippen LogP contribution is 2.14. The molecule has 0 bridgehead atoms. The van der Waals surface area contributed by atoms with Crippen LogP contribution in [0.2, 0.25) is 0 Å². The van der Waals surface area contributed by atoms with Gasteiger partial charge in [-0.15, -0.1) is 11.3 Å². The van der Waals surface area contributed by atoms with E-state index in [9.17, 15) is 4.79 Å². The van der Waals surface area contributed by atoms with Gasteiger partial charge in [0.2, 0.25) is 5.91 Å². The van der Waals surface area contributed by atoms with Crippen LogP contribution in [0.3, 0.4) is 0 Å². The van der Waals surface area contributed by atoms with Gasteiger partial charge in [-0.2, -0.15) is 0 Å². The number of pyridine rings is 1. The maximum atomic E-state index is 11.9. The lowest BCUT2D eigenvalue weighted by Gasteiger charge is -2.09. The van der Waals surface area contributed by atoms with Crippen molar-refractivity contribution in [1.29, 1.82) is 0 Å². The van der Waals surface area contributed by atoms with E-state index in [4.69, 9.17) is 4.74 Å². The van der Waals surface area contributed by atoms with E-state index in [-0.39, 0.29) is 12.0 Å². The Morgan fingerprint density at radius 2 is 2.22 bits per heavy atom. The predicted molar refractivity (Wildman–Crippen MR) is 89.4 cm³/mol. The summed E-state index contributed by atoms with van der Waals surface area (Å²) in [6, 6.07) is 4.04. The van der Waals surface area contributed by atoms with Crippen molar-refractivity contribution in [3.63, 3.8) is 0 Å². The molecule has 1 atom stereocenters. The Morgan fingerprint density at radius 1 is 1.35 bits per heavy atom. The fourth-order valence-corrected chi connectivity index (χ4v) is 3.40. The summed E-state index contributed by atoms with van der Waals surface area (Å²) in [5.74, 6) is 0.0199. The Labute approximate surface area is 140 Å². The summed E-state index contributed by atoms with van der Waals surface area (Å²) in [5.41, 5.74) is 2.11. The molecule has 0 aromatic carbocycles. The van der Waals surface area contributed by atoms with Crippen molar-refractivity contribution in [3.05, 3.63) is 46.2 Å². The summed E-state index contributed by atoms with van der Waals surface area (Å²) in [6.45, 7) is 1.42. The summed E-state index contributed by atoms with van der Waals surface area (Å²) < 4.78 is 5.50. The van der Waals surface area contributed by atoms with Crippen LogP contribution < -0.4 is 5.32 Å². The van der Waals surface area contributed by atoms with E-state index in [0.717, 1.165) is 43.0 Å². The topological polar surface area (TPSA) is 64.1 Å². The Bertz CT molecular complexity index is 624. The van der Waals surface area contributed by atoms with Gasteiger partial charge in [-0.1, -0.05) is 0 Å². The highest BCUT2D eigenvalue weighted by atomic mass is 32.1. The average molecular weight is 331 g/mol. The maximum Gasteiger partial charge on any atom is 0.226 e. The standard InChI is InChI=1S/C17H21N3O2S/c21-16(19-11-15-2-1-9-22-15)10-14-12-23-17(20-14)4-3-13-5-7-18-8-6-13/h5-8,12,15H,1-4,9-11H2,(H,19,21). The predicted octanol–water partition coefficient (Wildman–Crippen LogP) is 2.16. The van der Waals surface area contributed by atoms with Crippen molar-refractivity contribution < 1.29 is 9.53 Å². The fourth-order valence-electron chi connectivity index (χ4n) is 2.61. The first-order chi connectivity index (χ1) is 11.3. The number of nitrogens with one attached hydrogen (secondary N) is 1. The Kier molecular flexibility index (Phi) is 5.71. The molecule has 1 aliphatic rings. The van der Waals surface area contributed by atoms with E-state index < -0.39 is 0 Å². The number of aryl methyl sites for hydroxylation is 2. The SMILES string of the molecule is O=C(Cc1csc(CCc2ccncc2)n1)NCC1CCCO1. The second-order valence-electron chi connectivity index (χ2n) is 5.70. The number of carbonyl (C=O) groups is 1. The van der Waals surface area contributed by atoms with Gasteiger partial charge < -0.3 is 10.1 Å². The number of carbonyl (C=O) groups excluding carboxylic acids is 1. The normalized spacial score (nSPS) is 17.3. The van der Waals surface area contributed by atoms with Gasteiger partial charge in [-0.3, -0.25) is 9.78 Å². The molecule has 0 aliphatic carbocycles. The number of rotatable bonds is 7. The van der Waals surface area contributed by atoms with Crippen LogP contribution in [-0.2, 0) is 28.8 Å². The molecule has 1 unspecified atom stereocenters. The monoisotopic (exact) mass is 331 g/mol. The zero-order chi connectivity index (χ0) is 15.9. The van der Waals surface area contributed by atoms with Gasteiger partial charge >= 0.3 is 0 Å². The van der Waals surface area contributed by atoms with Crippen molar-refractivity contribution in [3.8, 4) is 0 Å². The van der Waals surface area contributed by atoms with Crippen LogP contribution in [0.15, 0.2) is 29.9 Å². The number of thiazole rings is 1. The third-order valence-electron chi connectivity index (χ3n) is 3.87. The highest BCUT2D eigenvalue weighted by molar-refractivity contribution is 7.09. The molecule has 6 heteroatoms. The molecule has 1 N–H and O–H groups in total. The molecule has 0 spiro atoms. The first-order valence-electron chi connectivity index (χ1n) is 8.00. The number of hydrogen-bond donors (Lipinski definition) is 1. The molecule has 23 heavy (non-hydrogen) atoms. The van der Waals surface area contributed by atoms with Crippen molar-refractivity contribution in [2.75, 3.05) is 13.2 Å². The van der Waals surface area contributed by atoms with Crippen LogP contribution >= 0.6 is 11.3 Å². The Hall–Kier alpha value is -1.79. The van der Waals surface area contributed by atoms with Gasteiger partial charge in [0.25, 0.3) is 0 Å². The lowest BCUT2D eigenvalue weighted by Crippen LogP contribution is -2.32. The molecule has 1 aliphatic heterocycles. The Balaban J connectivity index is 1.42. The zero-order valence-corrected chi connectivity index (χ0v) is 13.8. The number of aromatic nitrogens is 2. The molecule has 0 saturated carbocycles. The molecular weight excluding hydrogens is 310 g/mol. The van der Waals surface area contributed by atoms with Crippen LogP contribution in [0.5, 0.6) is 0 Å². The summed E-state index contributed by atoms with van der Waals surface area (Å²) in [7, 11) is 0. The van der Waals surface area contributed by atoms with E-state index in [1.165, 1.54) is 5.56 Å². The molecule has 0 radical (unpaired) electrons. The van der Waals surface area contributed by atoms with Crippen molar-refractivity contribution in [1.82, 2.24) is 15.3 Å². The van der Waals surface area contributed by atoms with Crippen LogP contribution in [0, 0.1) is 0 Å². The summed E-state index contributed by atoms with van der Waals surface area (Å²) in [6.07, 6.45) is 8.11. The second-order valence-corrected chi connectivity index (χ2v) is 6.65. The van der Waals surface area contributed by atoms with Gasteiger partial charge in [0.1, 0.15) is 0 Å². The lowest BCUT2D eigenvalue weighted by atomic mass is 10.1. The first kappa shape index (κ1) is 16.1. The van der Waals surface area contributed by atoms with E-state index >= 15 is 0 Å². The minimum atomic E-state index is 0.0199. The van der Waals surface area contributed by atoms with Gasteiger partial charge in [0.15, 0.2) is 0 Å². The molecule has 5 nitrogen and oxygen atoms in total. The van der Waals surface area contributed by atoms with Gasteiger partial charge in [-0.05, 0) is 37.0 Å². The molecule has 3 heterocycles. The largest absolute Gasteiger partial charge is 0.376 e. The minimum Gasteiger partial charge on any atom is -0.376 e. The lowest BCUT2D eigenvalue weighted by molar-refractivity contribution is -0.121. The van der Waals surface area contributed by atoms with E-state index in [2.05, 4.69) is 15.3 Å². The number of nitrogens with zero attached hydrogens (tertiary/aromatic N) is 2. The quantitative estimate of drug-likeness (QED) is 0.844. The van der Waals surface area contributed by atoms with Crippen molar-refractivity contribution in [2.45, 2.75) is 38.2 Å².